The minimum absolute atomic E-state index is 0.292. The average Bonchev–Trinajstić information content (AvgIpc) is 2.67. The van der Waals surface area contributed by atoms with E-state index in [2.05, 4.69) is 13.2 Å². The summed E-state index contributed by atoms with van der Waals surface area (Å²) in [5.74, 6) is -0.934. The van der Waals surface area contributed by atoms with E-state index in [4.69, 9.17) is 18.9 Å². The van der Waals surface area contributed by atoms with Crippen LogP contribution in [0.3, 0.4) is 0 Å². The number of hydrogen-bond donors (Lipinski definition) is 0. The number of benzene rings is 1. The van der Waals surface area contributed by atoms with E-state index < -0.39 is 11.9 Å². The maximum absolute atomic E-state index is 12.0. The molecule has 142 valence electrons. The van der Waals surface area contributed by atoms with Crippen molar-refractivity contribution in [3.63, 3.8) is 0 Å². The predicted molar refractivity (Wildman–Crippen MR) is 97.8 cm³/mol. The highest BCUT2D eigenvalue weighted by molar-refractivity contribution is 5.95. The van der Waals surface area contributed by atoms with E-state index >= 15 is 0 Å². The highest BCUT2D eigenvalue weighted by atomic mass is 16.5. The number of unbranched alkanes of at least 4 members (excludes halogenated alkanes) is 2. The van der Waals surface area contributed by atoms with Crippen LogP contribution < -0.4 is 0 Å². The molecule has 0 N–H and O–H groups in total. The van der Waals surface area contributed by atoms with Crippen LogP contribution in [-0.4, -0.2) is 38.4 Å². The Morgan fingerprint density at radius 3 is 1.62 bits per heavy atom. The molecule has 6 nitrogen and oxygen atoms in total. The van der Waals surface area contributed by atoms with E-state index in [0.29, 0.717) is 50.4 Å². The number of hydrogen-bond acceptors (Lipinski definition) is 6. The summed E-state index contributed by atoms with van der Waals surface area (Å²) >= 11 is 0. The standard InChI is InChI=1S/C20H26O6/c1-3-23-12-5-7-14-25-19(21)17-10-9-11-18(16-17)20(22)26-15-8-6-13-24-4-2/h3-4,9-11,16H,1-2,5-8,12-15H2. The third-order valence-corrected chi connectivity index (χ3v) is 3.35. The molecule has 1 aromatic carbocycles. The molecule has 0 amide bonds. The van der Waals surface area contributed by atoms with Gasteiger partial charge in [-0.1, -0.05) is 19.2 Å². The predicted octanol–water partition coefficient (Wildman–Crippen LogP) is 3.88. The van der Waals surface area contributed by atoms with E-state index in [1.807, 2.05) is 0 Å². The molecule has 0 spiro atoms. The fraction of sp³-hybridized carbons (Fsp3) is 0.400. The molecule has 0 saturated heterocycles. The number of carbonyl (C=O) groups excluding carboxylic acids is 2. The van der Waals surface area contributed by atoms with Crippen LogP contribution in [0.4, 0.5) is 0 Å². The van der Waals surface area contributed by atoms with Gasteiger partial charge in [0.2, 0.25) is 0 Å². The van der Waals surface area contributed by atoms with Gasteiger partial charge < -0.3 is 18.9 Å². The molecule has 0 aliphatic rings. The van der Waals surface area contributed by atoms with Gasteiger partial charge in [0, 0.05) is 0 Å². The Bertz CT molecular complexity index is 534. The minimum Gasteiger partial charge on any atom is -0.502 e. The highest BCUT2D eigenvalue weighted by Crippen LogP contribution is 2.09. The summed E-state index contributed by atoms with van der Waals surface area (Å²) in [6, 6.07) is 6.31. The molecular weight excluding hydrogens is 336 g/mol. The van der Waals surface area contributed by atoms with Crippen molar-refractivity contribution in [3.8, 4) is 0 Å². The molecular formula is C20H26O6. The summed E-state index contributed by atoms with van der Waals surface area (Å²) in [6.07, 6.45) is 5.68. The molecule has 0 aromatic heterocycles. The fourth-order valence-electron chi connectivity index (χ4n) is 2.01. The van der Waals surface area contributed by atoms with Crippen LogP contribution in [0, 0.1) is 0 Å². The molecule has 0 atom stereocenters. The summed E-state index contributed by atoms with van der Waals surface area (Å²) in [5.41, 5.74) is 0.641. The van der Waals surface area contributed by atoms with Crippen LogP contribution in [0.1, 0.15) is 46.4 Å². The summed E-state index contributed by atoms with van der Waals surface area (Å²) < 4.78 is 20.3. The zero-order valence-corrected chi connectivity index (χ0v) is 15.0. The Balaban J connectivity index is 2.36. The van der Waals surface area contributed by atoms with Crippen molar-refractivity contribution in [2.24, 2.45) is 0 Å². The summed E-state index contributed by atoms with van der Waals surface area (Å²) in [7, 11) is 0. The molecule has 0 bridgehead atoms. The zero-order chi connectivity index (χ0) is 19.0. The zero-order valence-electron chi connectivity index (χ0n) is 15.0. The van der Waals surface area contributed by atoms with Crippen molar-refractivity contribution >= 4 is 11.9 Å². The van der Waals surface area contributed by atoms with E-state index in [1.165, 1.54) is 18.6 Å². The number of rotatable bonds is 14. The van der Waals surface area contributed by atoms with Gasteiger partial charge in [-0.05, 0) is 43.9 Å². The smallest absolute Gasteiger partial charge is 0.338 e. The van der Waals surface area contributed by atoms with Gasteiger partial charge in [0.1, 0.15) is 0 Å². The van der Waals surface area contributed by atoms with Crippen molar-refractivity contribution in [2.45, 2.75) is 25.7 Å². The van der Waals surface area contributed by atoms with Crippen molar-refractivity contribution in [1.82, 2.24) is 0 Å². The number of esters is 2. The average molecular weight is 362 g/mol. The lowest BCUT2D eigenvalue weighted by molar-refractivity contribution is 0.0490. The highest BCUT2D eigenvalue weighted by Gasteiger charge is 2.12. The van der Waals surface area contributed by atoms with Gasteiger partial charge in [0.25, 0.3) is 0 Å². The van der Waals surface area contributed by atoms with E-state index in [0.717, 1.165) is 12.8 Å². The third-order valence-electron chi connectivity index (χ3n) is 3.35. The van der Waals surface area contributed by atoms with Crippen molar-refractivity contribution in [1.29, 1.82) is 0 Å². The van der Waals surface area contributed by atoms with Gasteiger partial charge in [0.15, 0.2) is 0 Å². The second-order valence-electron chi connectivity index (χ2n) is 5.34. The fourth-order valence-corrected chi connectivity index (χ4v) is 2.01. The van der Waals surface area contributed by atoms with Crippen molar-refractivity contribution in [2.75, 3.05) is 26.4 Å². The molecule has 0 aliphatic carbocycles. The Hall–Kier alpha value is -2.76. The van der Waals surface area contributed by atoms with Gasteiger partial charge >= 0.3 is 11.9 Å². The first-order valence-electron chi connectivity index (χ1n) is 8.58. The summed E-state index contributed by atoms with van der Waals surface area (Å²) in [4.78, 5) is 24.1. The largest absolute Gasteiger partial charge is 0.502 e. The van der Waals surface area contributed by atoms with Crippen LogP contribution in [0.5, 0.6) is 0 Å². The lowest BCUT2D eigenvalue weighted by Crippen LogP contribution is -2.10. The van der Waals surface area contributed by atoms with Crippen LogP contribution in [0.15, 0.2) is 49.9 Å². The van der Waals surface area contributed by atoms with Crippen LogP contribution in [0.25, 0.3) is 0 Å². The lowest BCUT2D eigenvalue weighted by Gasteiger charge is -2.07. The first-order chi connectivity index (χ1) is 12.7. The normalized spacial score (nSPS) is 9.85. The Kier molecular flexibility index (Phi) is 11.1. The van der Waals surface area contributed by atoms with Gasteiger partial charge in [-0.3, -0.25) is 0 Å². The number of ether oxygens (including phenoxy) is 4. The Labute approximate surface area is 154 Å². The van der Waals surface area contributed by atoms with Gasteiger partial charge in [-0.25, -0.2) is 9.59 Å². The molecule has 0 fully saturated rings. The van der Waals surface area contributed by atoms with Crippen LogP contribution in [-0.2, 0) is 18.9 Å². The van der Waals surface area contributed by atoms with E-state index in [-0.39, 0.29) is 0 Å². The molecule has 1 rings (SSSR count). The number of carbonyl (C=O) groups is 2. The van der Waals surface area contributed by atoms with Crippen molar-refractivity contribution in [3.05, 3.63) is 61.1 Å². The first kappa shape index (κ1) is 21.3. The SMILES string of the molecule is C=COCCCCOC(=O)c1cccc(C(=O)OCCCCOC=C)c1. The molecule has 0 saturated carbocycles. The molecule has 1 aromatic rings. The van der Waals surface area contributed by atoms with Crippen molar-refractivity contribution < 1.29 is 28.5 Å². The first-order valence-corrected chi connectivity index (χ1v) is 8.58. The maximum Gasteiger partial charge on any atom is 0.338 e. The van der Waals surface area contributed by atoms with Gasteiger partial charge in [-0.15, -0.1) is 0 Å². The summed E-state index contributed by atoms with van der Waals surface area (Å²) in [5, 5.41) is 0. The second kappa shape index (κ2) is 13.5. The van der Waals surface area contributed by atoms with Crippen LogP contribution >= 0.6 is 0 Å². The Morgan fingerprint density at radius 1 is 0.769 bits per heavy atom. The van der Waals surface area contributed by atoms with Gasteiger partial charge in [-0.2, -0.15) is 0 Å². The molecule has 26 heavy (non-hydrogen) atoms. The third kappa shape index (κ3) is 8.92. The van der Waals surface area contributed by atoms with Crippen LogP contribution in [0.2, 0.25) is 0 Å². The molecule has 0 unspecified atom stereocenters. The quantitative estimate of drug-likeness (QED) is 0.284. The maximum atomic E-state index is 12.0. The topological polar surface area (TPSA) is 71.1 Å². The summed E-state index contributed by atoms with van der Waals surface area (Å²) in [6.45, 7) is 8.57. The monoisotopic (exact) mass is 362 g/mol. The lowest BCUT2D eigenvalue weighted by atomic mass is 10.1. The second-order valence-corrected chi connectivity index (χ2v) is 5.34. The molecule has 0 radical (unpaired) electrons. The Morgan fingerprint density at radius 2 is 1.19 bits per heavy atom. The van der Waals surface area contributed by atoms with Gasteiger partial charge in [0.05, 0.1) is 50.1 Å². The van der Waals surface area contributed by atoms with E-state index in [9.17, 15) is 9.59 Å². The molecule has 0 aliphatic heterocycles. The van der Waals surface area contributed by atoms with E-state index in [1.54, 1.807) is 18.2 Å². The molecule has 6 heteroatoms. The molecule has 0 heterocycles. The minimum atomic E-state index is -0.467.